The maximum atomic E-state index is 12.8. The molecule has 78 valence electrons. The lowest BCUT2D eigenvalue weighted by Gasteiger charge is -2.13. The van der Waals surface area contributed by atoms with Gasteiger partial charge in [-0.1, -0.05) is 19.1 Å². The minimum absolute atomic E-state index is 0.188. The van der Waals surface area contributed by atoms with Crippen LogP contribution in [0.4, 0.5) is 4.39 Å². The van der Waals surface area contributed by atoms with Crippen molar-refractivity contribution in [3.05, 3.63) is 35.6 Å². The van der Waals surface area contributed by atoms with Gasteiger partial charge >= 0.3 is 0 Å². The maximum Gasteiger partial charge on any atom is 0.123 e. The van der Waals surface area contributed by atoms with Crippen LogP contribution in [0, 0.1) is 11.7 Å². The Labute approximate surface area is 84.6 Å². The Morgan fingerprint density at radius 1 is 1.36 bits per heavy atom. The molecule has 1 rings (SSSR count). The van der Waals surface area contributed by atoms with Crippen molar-refractivity contribution in [1.82, 2.24) is 0 Å². The minimum atomic E-state index is -0.279. The molecular formula is C12H17FO. The molecule has 0 heterocycles. The summed E-state index contributed by atoms with van der Waals surface area (Å²) in [5.74, 6) is 0.198. The van der Waals surface area contributed by atoms with Gasteiger partial charge in [0.05, 0.1) is 6.10 Å². The Morgan fingerprint density at radius 2 is 2.07 bits per heavy atom. The second-order valence-electron chi connectivity index (χ2n) is 4.02. The van der Waals surface area contributed by atoms with Gasteiger partial charge in [0.15, 0.2) is 0 Å². The largest absolute Gasteiger partial charge is 0.393 e. The lowest BCUT2D eigenvalue weighted by Crippen LogP contribution is -2.09. The van der Waals surface area contributed by atoms with Crippen molar-refractivity contribution in [1.29, 1.82) is 0 Å². The second kappa shape index (κ2) is 5.11. The van der Waals surface area contributed by atoms with Gasteiger partial charge < -0.3 is 5.11 Å². The van der Waals surface area contributed by atoms with Crippen LogP contribution in [0.1, 0.15) is 25.8 Å². The Morgan fingerprint density at radius 3 is 2.64 bits per heavy atom. The van der Waals surface area contributed by atoms with Crippen molar-refractivity contribution < 1.29 is 9.50 Å². The highest BCUT2D eigenvalue weighted by molar-refractivity contribution is 5.16. The van der Waals surface area contributed by atoms with E-state index in [1.165, 1.54) is 6.07 Å². The summed E-state index contributed by atoms with van der Waals surface area (Å²) in [6, 6.07) is 6.64. The van der Waals surface area contributed by atoms with Crippen LogP contribution in [-0.4, -0.2) is 11.2 Å². The number of benzene rings is 1. The summed E-state index contributed by atoms with van der Waals surface area (Å²) >= 11 is 0. The van der Waals surface area contributed by atoms with Gasteiger partial charge in [0.25, 0.3) is 0 Å². The Balaban J connectivity index is 2.51. The molecule has 1 aromatic carbocycles. The van der Waals surface area contributed by atoms with E-state index >= 15 is 0 Å². The molecule has 1 aromatic rings. The fourth-order valence-corrected chi connectivity index (χ4v) is 1.73. The highest BCUT2D eigenvalue weighted by atomic mass is 19.1. The van der Waals surface area contributed by atoms with Gasteiger partial charge in [-0.15, -0.1) is 0 Å². The first kappa shape index (κ1) is 11.2. The third-order valence-electron chi connectivity index (χ3n) is 2.22. The fraction of sp³-hybridized carbons (Fsp3) is 0.500. The van der Waals surface area contributed by atoms with Crippen LogP contribution < -0.4 is 0 Å². The summed E-state index contributed by atoms with van der Waals surface area (Å²) < 4.78 is 12.8. The molecule has 0 aromatic heterocycles. The van der Waals surface area contributed by atoms with E-state index in [1.54, 1.807) is 19.1 Å². The lowest BCUT2D eigenvalue weighted by molar-refractivity contribution is 0.164. The summed E-state index contributed by atoms with van der Waals surface area (Å²) in [5, 5.41) is 9.18. The van der Waals surface area contributed by atoms with Gasteiger partial charge in [0.1, 0.15) is 5.82 Å². The molecule has 1 N–H and O–H groups in total. The number of aliphatic hydroxyl groups is 1. The van der Waals surface area contributed by atoms with E-state index in [4.69, 9.17) is 0 Å². The molecular weight excluding hydrogens is 179 g/mol. The van der Waals surface area contributed by atoms with Crippen molar-refractivity contribution in [2.24, 2.45) is 5.92 Å². The third-order valence-corrected chi connectivity index (χ3v) is 2.22. The van der Waals surface area contributed by atoms with E-state index in [0.29, 0.717) is 5.92 Å². The molecule has 1 nitrogen and oxygen atoms in total. The van der Waals surface area contributed by atoms with Gasteiger partial charge in [0, 0.05) is 0 Å². The van der Waals surface area contributed by atoms with E-state index in [-0.39, 0.29) is 11.9 Å². The second-order valence-corrected chi connectivity index (χ2v) is 4.02. The average molecular weight is 196 g/mol. The molecule has 14 heavy (non-hydrogen) atoms. The Bertz CT molecular complexity index is 283. The average Bonchev–Trinajstić information content (AvgIpc) is 2.01. The summed E-state index contributed by atoms with van der Waals surface area (Å²) in [7, 11) is 0. The molecule has 0 amide bonds. The molecule has 0 bridgehead atoms. The molecule has 2 atom stereocenters. The van der Waals surface area contributed by atoms with Gasteiger partial charge in [-0.3, -0.25) is 0 Å². The zero-order valence-corrected chi connectivity index (χ0v) is 8.70. The van der Waals surface area contributed by atoms with Crippen LogP contribution in [0.5, 0.6) is 0 Å². The van der Waals surface area contributed by atoms with Gasteiger partial charge in [0.2, 0.25) is 0 Å². The summed E-state index contributed by atoms with van der Waals surface area (Å²) in [4.78, 5) is 0. The number of aliphatic hydroxyl groups excluding tert-OH is 1. The standard InChI is InChI=1S/C12H17FO/c1-9(6-10(2)14)7-11-4-3-5-12(13)8-11/h3-5,8-10,14H,6-7H2,1-2H3. The number of hydrogen-bond donors (Lipinski definition) is 1. The minimum Gasteiger partial charge on any atom is -0.393 e. The van der Waals surface area contributed by atoms with Crippen LogP contribution >= 0.6 is 0 Å². The smallest absolute Gasteiger partial charge is 0.123 e. The van der Waals surface area contributed by atoms with Crippen molar-refractivity contribution in [3.63, 3.8) is 0 Å². The van der Waals surface area contributed by atoms with E-state index in [9.17, 15) is 9.50 Å². The van der Waals surface area contributed by atoms with Crippen molar-refractivity contribution in [2.75, 3.05) is 0 Å². The first-order chi connectivity index (χ1) is 6.58. The van der Waals surface area contributed by atoms with E-state index in [0.717, 1.165) is 18.4 Å². The van der Waals surface area contributed by atoms with Gasteiger partial charge in [-0.25, -0.2) is 4.39 Å². The van der Waals surface area contributed by atoms with Crippen LogP contribution in [0.25, 0.3) is 0 Å². The predicted octanol–water partition coefficient (Wildman–Crippen LogP) is 2.78. The quantitative estimate of drug-likeness (QED) is 0.785. The first-order valence-electron chi connectivity index (χ1n) is 5.00. The van der Waals surface area contributed by atoms with Crippen LogP contribution in [0.15, 0.2) is 24.3 Å². The molecule has 0 aliphatic heterocycles. The lowest BCUT2D eigenvalue weighted by atomic mass is 9.96. The third kappa shape index (κ3) is 3.88. The monoisotopic (exact) mass is 196 g/mol. The fourth-order valence-electron chi connectivity index (χ4n) is 1.73. The summed E-state index contributed by atoms with van der Waals surface area (Å²) in [6.07, 6.45) is 1.30. The number of halogens is 1. The van der Waals surface area contributed by atoms with E-state index < -0.39 is 0 Å². The molecule has 0 spiro atoms. The predicted molar refractivity (Wildman–Crippen MR) is 55.6 cm³/mol. The zero-order valence-electron chi connectivity index (χ0n) is 8.70. The Kier molecular flexibility index (Phi) is 4.08. The van der Waals surface area contributed by atoms with Crippen LogP contribution in [0.2, 0.25) is 0 Å². The maximum absolute atomic E-state index is 12.8. The Hall–Kier alpha value is -0.890. The number of rotatable bonds is 4. The first-order valence-corrected chi connectivity index (χ1v) is 5.00. The highest BCUT2D eigenvalue weighted by Gasteiger charge is 2.07. The zero-order chi connectivity index (χ0) is 10.6. The highest BCUT2D eigenvalue weighted by Crippen LogP contribution is 2.14. The van der Waals surface area contributed by atoms with Crippen LogP contribution in [-0.2, 0) is 6.42 Å². The summed E-state index contributed by atoms with van der Waals surface area (Å²) in [5.41, 5.74) is 0.998. The van der Waals surface area contributed by atoms with Crippen molar-refractivity contribution in [3.8, 4) is 0 Å². The molecule has 0 fully saturated rings. The van der Waals surface area contributed by atoms with E-state index in [2.05, 4.69) is 6.92 Å². The topological polar surface area (TPSA) is 20.2 Å². The SMILES string of the molecule is CC(O)CC(C)Cc1cccc(F)c1. The molecule has 2 unspecified atom stereocenters. The summed E-state index contributed by atoms with van der Waals surface area (Å²) in [6.45, 7) is 3.85. The van der Waals surface area contributed by atoms with E-state index in [1.807, 2.05) is 6.07 Å². The normalized spacial score (nSPS) is 15.1. The van der Waals surface area contributed by atoms with Crippen molar-refractivity contribution in [2.45, 2.75) is 32.8 Å². The van der Waals surface area contributed by atoms with Gasteiger partial charge in [-0.05, 0) is 43.4 Å². The van der Waals surface area contributed by atoms with Gasteiger partial charge in [-0.2, -0.15) is 0 Å². The molecule has 0 aliphatic carbocycles. The van der Waals surface area contributed by atoms with Crippen LogP contribution in [0.3, 0.4) is 0 Å². The molecule has 0 aliphatic rings. The molecule has 0 saturated carbocycles. The molecule has 2 heteroatoms. The molecule has 0 saturated heterocycles. The number of hydrogen-bond acceptors (Lipinski definition) is 1. The molecule has 0 radical (unpaired) electrons. The van der Waals surface area contributed by atoms with Crippen molar-refractivity contribution >= 4 is 0 Å².